The Morgan fingerprint density at radius 1 is 1.20 bits per heavy atom. The maximum Gasteiger partial charge on any atom is 0.320 e. The van der Waals surface area contributed by atoms with Crippen LogP contribution in [-0.2, 0) is 14.3 Å². The van der Waals surface area contributed by atoms with Gasteiger partial charge in [0.2, 0.25) is 0 Å². The minimum Gasteiger partial charge on any atom is -0.463 e. The molecule has 1 aliphatic heterocycles. The summed E-state index contributed by atoms with van der Waals surface area (Å²) in [5.74, 6) is -0.162. The lowest BCUT2D eigenvalue weighted by molar-refractivity contribution is -0.147. The predicted molar refractivity (Wildman–Crippen MR) is 84.1 cm³/mol. The average Bonchev–Trinajstić information content (AvgIpc) is 2.50. The van der Waals surface area contributed by atoms with E-state index in [1.807, 2.05) is 48.6 Å². The molecule has 0 aromatic carbocycles. The number of nitrogens with one attached hydrogen (secondary N) is 1. The Morgan fingerprint density at radius 2 is 1.70 bits per heavy atom. The number of hydrogen-bond acceptors (Lipinski definition) is 5. The van der Waals surface area contributed by atoms with Gasteiger partial charge in [-0.2, -0.15) is 0 Å². The van der Waals surface area contributed by atoms with Crippen LogP contribution < -0.4 is 5.32 Å². The highest BCUT2D eigenvalue weighted by atomic mass is 16.5. The van der Waals surface area contributed by atoms with Crippen LogP contribution >= 0.6 is 0 Å². The molecule has 5 nitrogen and oxygen atoms in total. The van der Waals surface area contributed by atoms with E-state index in [4.69, 9.17) is 9.47 Å². The number of esters is 1. The normalized spacial score (nSPS) is 15.3. The summed E-state index contributed by atoms with van der Waals surface area (Å²) in [4.78, 5) is 13.6. The van der Waals surface area contributed by atoms with Crippen molar-refractivity contribution >= 4 is 5.97 Å². The molecular weight excluding hydrogens is 256 g/mol. The van der Waals surface area contributed by atoms with Crippen LogP contribution in [0.25, 0.3) is 0 Å². The van der Waals surface area contributed by atoms with Gasteiger partial charge in [0.15, 0.2) is 0 Å². The van der Waals surface area contributed by atoms with Crippen molar-refractivity contribution in [2.75, 3.05) is 46.5 Å². The van der Waals surface area contributed by atoms with Gasteiger partial charge in [-0.25, -0.2) is 0 Å². The fraction of sp³-hybridized carbons (Fsp3) is 0.933. The highest BCUT2D eigenvalue weighted by molar-refractivity contribution is 5.71. The summed E-state index contributed by atoms with van der Waals surface area (Å²) < 4.78 is 10.4. The van der Waals surface area contributed by atoms with Crippen LogP contribution in [0.15, 0.2) is 0 Å². The Kier molecular flexibility index (Phi) is 14.4. The molecule has 0 aliphatic carbocycles. The molecule has 0 spiro atoms. The van der Waals surface area contributed by atoms with E-state index >= 15 is 0 Å². The topological polar surface area (TPSA) is 50.8 Å². The van der Waals surface area contributed by atoms with E-state index in [1.54, 1.807) is 0 Å². The highest BCUT2D eigenvalue weighted by Gasteiger charge is 2.19. The molecule has 1 aliphatic rings. The number of carbonyl (C=O) groups excluding carboxylic acids is 1. The van der Waals surface area contributed by atoms with Crippen LogP contribution in [0.5, 0.6) is 0 Å². The van der Waals surface area contributed by atoms with Gasteiger partial charge < -0.3 is 14.8 Å². The number of nitrogens with zero attached hydrogens (tertiary/aromatic N) is 1. The zero-order valence-corrected chi connectivity index (χ0v) is 14.4. The number of ether oxygens (including phenoxy) is 2. The monoisotopic (exact) mass is 290 g/mol. The minimum atomic E-state index is -0.166. The van der Waals surface area contributed by atoms with Gasteiger partial charge in [0.25, 0.3) is 0 Å². The van der Waals surface area contributed by atoms with Crippen LogP contribution in [-0.4, -0.2) is 62.9 Å². The minimum absolute atomic E-state index is 0.162. The first-order valence-electron chi connectivity index (χ1n) is 7.68. The highest BCUT2D eigenvalue weighted by Crippen LogP contribution is 2.02. The lowest BCUT2D eigenvalue weighted by atomic mass is 10.1. The third kappa shape index (κ3) is 11.2. The lowest BCUT2D eigenvalue weighted by Gasteiger charge is -2.27. The molecule has 1 rings (SSSR count). The van der Waals surface area contributed by atoms with E-state index < -0.39 is 0 Å². The van der Waals surface area contributed by atoms with Crippen molar-refractivity contribution in [3.05, 3.63) is 0 Å². The molecule has 1 saturated heterocycles. The molecule has 0 aromatic rings. The van der Waals surface area contributed by atoms with Crippen molar-refractivity contribution in [1.82, 2.24) is 10.2 Å². The molecule has 0 bridgehead atoms. The molecule has 0 atom stereocenters. The van der Waals surface area contributed by atoms with E-state index in [9.17, 15) is 4.79 Å². The van der Waals surface area contributed by atoms with Gasteiger partial charge in [0.05, 0.1) is 19.8 Å². The average molecular weight is 290 g/mol. The summed E-state index contributed by atoms with van der Waals surface area (Å²) in [7, 11) is 1.86. The quantitative estimate of drug-likeness (QED) is 0.784. The zero-order valence-electron chi connectivity index (χ0n) is 14.4. The second kappa shape index (κ2) is 13.3. The summed E-state index contributed by atoms with van der Waals surface area (Å²) in [6, 6.07) is 0. The Labute approximate surface area is 125 Å². The lowest BCUT2D eigenvalue weighted by Crippen LogP contribution is -2.44. The Morgan fingerprint density at radius 3 is 2.15 bits per heavy atom. The second-order valence-electron chi connectivity index (χ2n) is 4.68. The van der Waals surface area contributed by atoms with Crippen LogP contribution in [0.1, 0.15) is 41.5 Å². The Balaban J connectivity index is 0. The first kappa shape index (κ1) is 21.6. The number of likely N-dealkylation sites (N-methyl/N-ethyl adjacent to an activating group) is 1. The standard InChI is InChI=1S/C11H22N2O3.2C2H6/c1-11(2,12-3)9-16-10(14)8-13-4-6-15-7-5-13;2*1-2/h12H,4-9H2,1-3H3;2*1-2H3. The molecule has 0 unspecified atom stereocenters. The van der Waals surface area contributed by atoms with E-state index in [0.717, 1.165) is 13.1 Å². The van der Waals surface area contributed by atoms with Crippen LogP contribution in [0.2, 0.25) is 0 Å². The molecule has 122 valence electrons. The van der Waals surface area contributed by atoms with Crippen molar-refractivity contribution in [2.45, 2.75) is 47.1 Å². The zero-order chi connectivity index (χ0) is 16.0. The van der Waals surface area contributed by atoms with Gasteiger partial charge in [-0.1, -0.05) is 27.7 Å². The van der Waals surface area contributed by atoms with E-state index in [-0.39, 0.29) is 11.5 Å². The summed E-state index contributed by atoms with van der Waals surface area (Å²) >= 11 is 0. The number of carbonyl (C=O) groups is 1. The number of rotatable bonds is 5. The molecular formula is C15H34N2O3. The number of morpholine rings is 1. The van der Waals surface area contributed by atoms with Crippen molar-refractivity contribution in [3.63, 3.8) is 0 Å². The van der Waals surface area contributed by atoms with Crippen molar-refractivity contribution < 1.29 is 14.3 Å². The second-order valence-corrected chi connectivity index (χ2v) is 4.68. The molecule has 1 fully saturated rings. The molecule has 0 radical (unpaired) electrons. The molecule has 0 saturated carbocycles. The third-order valence-electron chi connectivity index (χ3n) is 2.73. The smallest absolute Gasteiger partial charge is 0.320 e. The van der Waals surface area contributed by atoms with Crippen LogP contribution in [0.3, 0.4) is 0 Å². The van der Waals surface area contributed by atoms with Gasteiger partial charge >= 0.3 is 5.97 Å². The van der Waals surface area contributed by atoms with Crippen molar-refractivity contribution in [2.24, 2.45) is 0 Å². The van der Waals surface area contributed by atoms with Gasteiger partial charge in [-0.15, -0.1) is 0 Å². The maximum atomic E-state index is 11.5. The Hall–Kier alpha value is -0.650. The Bertz CT molecular complexity index is 227. The van der Waals surface area contributed by atoms with E-state index in [1.165, 1.54) is 0 Å². The molecule has 1 heterocycles. The third-order valence-corrected chi connectivity index (χ3v) is 2.73. The molecule has 20 heavy (non-hydrogen) atoms. The van der Waals surface area contributed by atoms with Gasteiger partial charge in [0, 0.05) is 18.6 Å². The molecule has 0 amide bonds. The fourth-order valence-electron chi connectivity index (χ4n) is 1.32. The van der Waals surface area contributed by atoms with E-state index in [0.29, 0.717) is 26.4 Å². The van der Waals surface area contributed by atoms with Crippen molar-refractivity contribution in [1.29, 1.82) is 0 Å². The van der Waals surface area contributed by atoms with Crippen molar-refractivity contribution in [3.8, 4) is 0 Å². The summed E-state index contributed by atoms with van der Waals surface area (Å²) in [5.41, 5.74) is -0.166. The molecule has 0 aromatic heterocycles. The summed E-state index contributed by atoms with van der Waals surface area (Å²) in [6.07, 6.45) is 0. The predicted octanol–water partition coefficient (Wildman–Crippen LogP) is 1.91. The molecule has 1 N–H and O–H groups in total. The SMILES string of the molecule is CC.CC.CNC(C)(C)COC(=O)CN1CCOCC1. The summed E-state index contributed by atoms with van der Waals surface area (Å²) in [5, 5.41) is 3.09. The first-order chi connectivity index (χ1) is 9.53. The van der Waals surface area contributed by atoms with Gasteiger partial charge in [0.1, 0.15) is 6.61 Å². The van der Waals surface area contributed by atoms with E-state index in [2.05, 4.69) is 10.2 Å². The summed E-state index contributed by atoms with van der Waals surface area (Å²) in [6.45, 7) is 15.8. The van der Waals surface area contributed by atoms with Crippen LogP contribution in [0, 0.1) is 0 Å². The maximum absolute atomic E-state index is 11.5. The fourth-order valence-corrected chi connectivity index (χ4v) is 1.32. The van der Waals surface area contributed by atoms with Crippen LogP contribution in [0.4, 0.5) is 0 Å². The van der Waals surface area contributed by atoms with Gasteiger partial charge in [-0.05, 0) is 20.9 Å². The number of hydrogen-bond donors (Lipinski definition) is 1. The molecule has 5 heteroatoms. The largest absolute Gasteiger partial charge is 0.463 e. The van der Waals surface area contributed by atoms with Gasteiger partial charge in [-0.3, -0.25) is 9.69 Å². The first-order valence-corrected chi connectivity index (χ1v) is 7.68.